The highest BCUT2D eigenvalue weighted by atomic mass is 32.2. The van der Waals surface area contributed by atoms with Crippen LogP contribution in [0.15, 0.2) is 24.5 Å². The highest BCUT2D eigenvalue weighted by molar-refractivity contribution is 7.98. The van der Waals surface area contributed by atoms with Crippen molar-refractivity contribution < 1.29 is 9.90 Å². The van der Waals surface area contributed by atoms with Crippen molar-refractivity contribution in [2.75, 3.05) is 12.0 Å². The number of carbonyl (C=O) groups is 1. The first-order valence-corrected chi connectivity index (χ1v) is 5.49. The second-order valence-corrected chi connectivity index (χ2v) is 3.75. The van der Waals surface area contributed by atoms with Gasteiger partial charge in [0.15, 0.2) is 0 Å². The van der Waals surface area contributed by atoms with Crippen LogP contribution in [0.4, 0.5) is 0 Å². The standard InChI is InChI=1S/C9H13NO2S/c1-13-7-4-8(9(11)12)10-5-2-3-6-10/h2-3,5-6,8H,4,7H2,1H3,(H,11,12)/t8-/m1/s1. The van der Waals surface area contributed by atoms with Gasteiger partial charge >= 0.3 is 5.97 Å². The maximum absolute atomic E-state index is 10.9. The number of hydrogen-bond donors (Lipinski definition) is 1. The Labute approximate surface area is 81.8 Å². The molecule has 1 aromatic rings. The van der Waals surface area contributed by atoms with E-state index in [4.69, 9.17) is 5.11 Å². The Morgan fingerprint density at radius 1 is 1.54 bits per heavy atom. The van der Waals surface area contributed by atoms with Gasteiger partial charge in [-0.3, -0.25) is 0 Å². The molecule has 1 atom stereocenters. The quantitative estimate of drug-likeness (QED) is 0.787. The number of carboxylic acids is 1. The molecule has 0 fully saturated rings. The van der Waals surface area contributed by atoms with Crippen LogP contribution in [0.3, 0.4) is 0 Å². The zero-order valence-corrected chi connectivity index (χ0v) is 8.33. The Morgan fingerprint density at radius 3 is 2.62 bits per heavy atom. The molecule has 3 nitrogen and oxygen atoms in total. The van der Waals surface area contributed by atoms with Crippen LogP contribution in [0.25, 0.3) is 0 Å². The normalized spacial score (nSPS) is 12.7. The van der Waals surface area contributed by atoms with E-state index >= 15 is 0 Å². The third-order valence-corrected chi connectivity index (χ3v) is 2.51. The molecule has 72 valence electrons. The van der Waals surface area contributed by atoms with Crippen molar-refractivity contribution in [2.24, 2.45) is 0 Å². The van der Waals surface area contributed by atoms with Crippen LogP contribution in [-0.2, 0) is 4.79 Å². The molecule has 4 heteroatoms. The summed E-state index contributed by atoms with van der Waals surface area (Å²) in [4.78, 5) is 10.9. The van der Waals surface area contributed by atoms with E-state index in [0.29, 0.717) is 6.42 Å². The summed E-state index contributed by atoms with van der Waals surface area (Å²) in [7, 11) is 0. The lowest BCUT2D eigenvalue weighted by Crippen LogP contribution is -2.18. The lowest BCUT2D eigenvalue weighted by Gasteiger charge is -2.13. The predicted octanol–water partition coefficient (Wildman–Crippen LogP) is 1.87. The van der Waals surface area contributed by atoms with E-state index in [1.54, 1.807) is 28.7 Å². The van der Waals surface area contributed by atoms with Gasteiger partial charge in [-0.1, -0.05) is 0 Å². The molecule has 0 radical (unpaired) electrons. The zero-order valence-electron chi connectivity index (χ0n) is 7.51. The van der Waals surface area contributed by atoms with Gasteiger partial charge in [0.25, 0.3) is 0 Å². The van der Waals surface area contributed by atoms with E-state index in [0.717, 1.165) is 5.75 Å². The summed E-state index contributed by atoms with van der Waals surface area (Å²) in [5, 5.41) is 8.94. The summed E-state index contributed by atoms with van der Waals surface area (Å²) in [5.41, 5.74) is 0. The van der Waals surface area contributed by atoms with Gasteiger partial charge in [0.05, 0.1) is 0 Å². The van der Waals surface area contributed by atoms with Gasteiger partial charge in [-0.2, -0.15) is 11.8 Å². The Bertz CT molecular complexity index is 259. The van der Waals surface area contributed by atoms with E-state index in [1.807, 2.05) is 18.4 Å². The largest absolute Gasteiger partial charge is 0.480 e. The Hall–Kier alpha value is -0.900. The van der Waals surface area contributed by atoms with Crippen molar-refractivity contribution in [3.63, 3.8) is 0 Å². The van der Waals surface area contributed by atoms with Crippen LogP contribution in [0.2, 0.25) is 0 Å². The number of nitrogens with zero attached hydrogens (tertiary/aromatic N) is 1. The van der Waals surface area contributed by atoms with Crippen molar-refractivity contribution in [1.82, 2.24) is 4.57 Å². The lowest BCUT2D eigenvalue weighted by molar-refractivity contribution is -0.140. The van der Waals surface area contributed by atoms with Gasteiger partial charge in [0.2, 0.25) is 0 Å². The summed E-state index contributed by atoms with van der Waals surface area (Å²) >= 11 is 1.67. The fraction of sp³-hybridized carbons (Fsp3) is 0.444. The molecular formula is C9H13NO2S. The molecule has 0 aliphatic carbocycles. The van der Waals surface area contributed by atoms with E-state index in [-0.39, 0.29) is 0 Å². The summed E-state index contributed by atoms with van der Waals surface area (Å²) in [5.74, 6) is 0.111. The highest BCUT2D eigenvalue weighted by Gasteiger charge is 2.17. The molecule has 0 unspecified atom stereocenters. The number of rotatable bonds is 5. The topological polar surface area (TPSA) is 42.2 Å². The highest BCUT2D eigenvalue weighted by Crippen LogP contribution is 2.14. The molecule has 1 N–H and O–H groups in total. The molecule has 0 bridgehead atoms. The van der Waals surface area contributed by atoms with Crippen molar-refractivity contribution in [3.8, 4) is 0 Å². The maximum atomic E-state index is 10.9. The monoisotopic (exact) mass is 199 g/mol. The molecule has 1 aromatic heterocycles. The fourth-order valence-electron chi connectivity index (χ4n) is 1.19. The van der Waals surface area contributed by atoms with E-state index in [9.17, 15) is 4.79 Å². The second kappa shape index (κ2) is 4.97. The molecular weight excluding hydrogens is 186 g/mol. The molecule has 0 aromatic carbocycles. The second-order valence-electron chi connectivity index (χ2n) is 2.77. The Kier molecular flexibility index (Phi) is 3.89. The van der Waals surface area contributed by atoms with Crippen molar-refractivity contribution in [2.45, 2.75) is 12.5 Å². The van der Waals surface area contributed by atoms with Gasteiger partial charge < -0.3 is 9.67 Å². The third-order valence-electron chi connectivity index (χ3n) is 1.87. The van der Waals surface area contributed by atoms with E-state index in [2.05, 4.69) is 0 Å². The van der Waals surface area contributed by atoms with Gasteiger partial charge in [-0.25, -0.2) is 4.79 Å². The minimum Gasteiger partial charge on any atom is -0.480 e. The van der Waals surface area contributed by atoms with Crippen LogP contribution < -0.4 is 0 Å². The van der Waals surface area contributed by atoms with Crippen molar-refractivity contribution in [1.29, 1.82) is 0 Å². The third kappa shape index (κ3) is 2.81. The summed E-state index contributed by atoms with van der Waals surface area (Å²) in [6, 6.07) is 3.27. The average molecular weight is 199 g/mol. The van der Waals surface area contributed by atoms with E-state index in [1.165, 1.54) is 0 Å². The Morgan fingerprint density at radius 2 is 2.15 bits per heavy atom. The molecule has 0 spiro atoms. The lowest BCUT2D eigenvalue weighted by atomic mass is 10.2. The Balaban J connectivity index is 2.63. The minimum absolute atomic E-state index is 0.414. The van der Waals surface area contributed by atoms with Crippen LogP contribution >= 0.6 is 11.8 Å². The summed E-state index contributed by atoms with van der Waals surface area (Å²) in [6.45, 7) is 0. The number of aliphatic carboxylic acids is 1. The van der Waals surface area contributed by atoms with Crippen LogP contribution in [0.1, 0.15) is 12.5 Å². The molecule has 0 amide bonds. The van der Waals surface area contributed by atoms with Crippen LogP contribution in [-0.4, -0.2) is 27.7 Å². The molecule has 0 aliphatic rings. The van der Waals surface area contributed by atoms with Crippen molar-refractivity contribution in [3.05, 3.63) is 24.5 Å². The molecule has 0 saturated heterocycles. The number of carboxylic acid groups (broad SMARTS) is 1. The first-order chi connectivity index (χ1) is 6.25. The average Bonchev–Trinajstić information content (AvgIpc) is 2.57. The van der Waals surface area contributed by atoms with Gasteiger partial charge in [-0.15, -0.1) is 0 Å². The smallest absolute Gasteiger partial charge is 0.326 e. The van der Waals surface area contributed by atoms with Crippen molar-refractivity contribution >= 4 is 17.7 Å². The maximum Gasteiger partial charge on any atom is 0.326 e. The number of thioether (sulfide) groups is 1. The molecule has 0 saturated carbocycles. The first kappa shape index (κ1) is 10.2. The minimum atomic E-state index is -0.759. The summed E-state index contributed by atoms with van der Waals surface area (Å²) < 4.78 is 1.73. The van der Waals surface area contributed by atoms with E-state index < -0.39 is 12.0 Å². The molecule has 13 heavy (non-hydrogen) atoms. The SMILES string of the molecule is CSCC[C@H](C(=O)O)n1cccc1. The van der Waals surface area contributed by atoms with Crippen LogP contribution in [0, 0.1) is 0 Å². The van der Waals surface area contributed by atoms with Gasteiger partial charge in [0, 0.05) is 12.4 Å². The summed E-state index contributed by atoms with van der Waals surface area (Å²) in [6.07, 6.45) is 6.23. The fourth-order valence-corrected chi connectivity index (χ4v) is 1.64. The predicted molar refractivity (Wildman–Crippen MR) is 54.1 cm³/mol. The molecule has 1 heterocycles. The number of aromatic nitrogens is 1. The first-order valence-electron chi connectivity index (χ1n) is 4.10. The number of hydrogen-bond acceptors (Lipinski definition) is 2. The molecule has 1 rings (SSSR count). The zero-order chi connectivity index (χ0) is 9.68. The van der Waals surface area contributed by atoms with Gasteiger partial charge in [0.1, 0.15) is 6.04 Å². The van der Waals surface area contributed by atoms with Gasteiger partial charge in [-0.05, 0) is 30.6 Å². The van der Waals surface area contributed by atoms with Crippen LogP contribution in [0.5, 0.6) is 0 Å². The molecule has 0 aliphatic heterocycles.